The van der Waals surface area contributed by atoms with Gasteiger partial charge in [-0.2, -0.15) is 5.26 Å². The molecule has 1 unspecified atom stereocenters. The summed E-state index contributed by atoms with van der Waals surface area (Å²) in [5, 5.41) is 23.6. The maximum Gasteiger partial charge on any atom is 0.245 e. The molecule has 0 saturated carbocycles. The van der Waals surface area contributed by atoms with Crippen molar-refractivity contribution in [3.05, 3.63) is 63.0 Å². The first-order valence-corrected chi connectivity index (χ1v) is 9.24. The molecule has 0 fully saturated rings. The number of nitrogens with zero attached hydrogens (tertiary/aromatic N) is 1. The molecule has 4 rings (SSSR count). The molecule has 2 aromatic rings. The highest BCUT2D eigenvalue weighted by Gasteiger charge is 2.58. The molecule has 0 bridgehead atoms. The van der Waals surface area contributed by atoms with E-state index in [-0.39, 0.29) is 40.5 Å². The molecule has 0 saturated heterocycles. The summed E-state index contributed by atoms with van der Waals surface area (Å²) in [4.78, 5) is 25.6. The number of nitrogens with two attached hydrogens (primary N) is 1. The summed E-state index contributed by atoms with van der Waals surface area (Å²) < 4.78 is 6.21. The smallest absolute Gasteiger partial charge is 0.245 e. The van der Waals surface area contributed by atoms with Crippen LogP contribution in [0.3, 0.4) is 0 Å². The summed E-state index contributed by atoms with van der Waals surface area (Å²) in [6.07, 6.45) is 0.164. The van der Waals surface area contributed by atoms with Gasteiger partial charge in [0.25, 0.3) is 0 Å². The molecule has 1 spiro atoms. The van der Waals surface area contributed by atoms with E-state index in [9.17, 15) is 20.0 Å². The van der Waals surface area contributed by atoms with Crippen molar-refractivity contribution in [3.8, 4) is 17.6 Å². The third kappa shape index (κ3) is 2.14. The minimum absolute atomic E-state index is 0.0342. The Morgan fingerprint density at radius 2 is 2.14 bits per heavy atom. The van der Waals surface area contributed by atoms with Crippen molar-refractivity contribution in [3.63, 3.8) is 0 Å². The topological polar surface area (TPSA) is 125 Å². The molecule has 8 heteroatoms. The van der Waals surface area contributed by atoms with Gasteiger partial charge in [0.1, 0.15) is 28.6 Å². The zero-order valence-electron chi connectivity index (χ0n) is 14.7. The number of halogens is 1. The number of ether oxygens (including phenoxy) is 1. The van der Waals surface area contributed by atoms with Gasteiger partial charge in [-0.05, 0) is 30.3 Å². The summed E-state index contributed by atoms with van der Waals surface area (Å²) in [6.45, 7) is 1.67. The summed E-state index contributed by atoms with van der Waals surface area (Å²) in [7, 11) is 0. The predicted molar refractivity (Wildman–Crippen MR) is 104 cm³/mol. The molecule has 2 aliphatic heterocycles. The quantitative estimate of drug-likeness (QED) is 0.617. The molecule has 1 amide bonds. The first kappa shape index (κ1) is 18.1. The van der Waals surface area contributed by atoms with E-state index in [0.717, 1.165) is 0 Å². The fourth-order valence-corrected chi connectivity index (χ4v) is 4.19. The number of anilines is 1. The number of carbonyl (C=O) groups excluding carboxylic acids is 2. The Balaban J connectivity index is 2.17. The lowest BCUT2D eigenvalue weighted by Gasteiger charge is -2.34. The third-order valence-corrected chi connectivity index (χ3v) is 5.56. The number of phenols is 1. The molecule has 0 radical (unpaired) electrons. The monoisotopic (exact) mass is 439 g/mol. The van der Waals surface area contributed by atoms with E-state index in [1.54, 1.807) is 25.1 Å². The van der Waals surface area contributed by atoms with Crippen LogP contribution >= 0.6 is 15.9 Å². The first-order chi connectivity index (χ1) is 13.4. The molecular formula is C20H14BrN3O4. The van der Waals surface area contributed by atoms with Crippen LogP contribution in [0.15, 0.2) is 46.3 Å². The number of hydrogen-bond donors (Lipinski definition) is 3. The SMILES string of the molecule is CCC(=O)c1ccc2c(c1O)C1(C(=O)Nc3ccc(Br)cc31)C(C#N)=C(N)O2. The molecule has 2 aliphatic rings. The van der Waals surface area contributed by atoms with Crippen molar-refractivity contribution < 1.29 is 19.4 Å². The largest absolute Gasteiger partial charge is 0.507 e. The van der Waals surface area contributed by atoms with Gasteiger partial charge >= 0.3 is 0 Å². The minimum atomic E-state index is -1.72. The first-order valence-electron chi connectivity index (χ1n) is 8.45. The highest BCUT2D eigenvalue weighted by molar-refractivity contribution is 9.10. The number of hydrogen-bond acceptors (Lipinski definition) is 6. The number of benzene rings is 2. The van der Waals surface area contributed by atoms with Crippen LogP contribution in [0, 0.1) is 11.3 Å². The fraction of sp³-hybridized carbons (Fsp3) is 0.150. The standard InChI is InChI=1S/C20H14BrN3O4/c1-2-14(25)10-4-6-15-16(17(10)26)20(12(8-22)18(23)28-15)11-7-9(21)3-5-13(11)24-19(20)27/h3-7,26H,2,23H2,1H3,(H,24,27). The Morgan fingerprint density at radius 1 is 1.39 bits per heavy atom. The van der Waals surface area contributed by atoms with Gasteiger partial charge in [-0.3, -0.25) is 9.59 Å². The van der Waals surface area contributed by atoms with Crippen LogP contribution < -0.4 is 15.8 Å². The molecule has 28 heavy (non-hydrogen) atoms. The van der Waals surface area contributed by atoms with Crippen LogP contribution in [0.5, 0.6) is 11.5 Å². The molecule has 2 heterocycles. The van der Waals surface area contributed by atoms with Crippen molar-refractivity contribution in [2.75, 3.05) is 5.32 Å². The number of ketones is 1. The molecule has 140 valence electrons. The normalized spacial score (nSPS) is 19.5. The van der Waals surface area contributed by atoms with Gasteiger partial charge < -0.3 is 20.9 Å². The second-order valence-corrected chi connectivity index (χ2v) is 7.37. The number of nitriles is 1. The molecule has 1 atom stereocenters. The van der Waals surface area contributed by atoms with E-state index in [1.165, 1.54) is 12.1 Å². The lowest BCUT2D eigenvalue weighted by Crippen LogP contribution is -2.42. The molecule has 0 aliphatic carbocycles. The van der Waals surface area contributed by atoms with Gasteiger partial charge in [0.2, 0.25) is 11.8 Å². The van der Waals surface area contributed by atoms with Crippen LogP contribution in [0.25, 0.3) is 0 Å². The average Bonchev–Trinajstić information content (AvgIpc) is 2.94. The van der Waals surface area contributed by atoms with E-state index >= 15 is 0 Å². The van der Waals surface area contributed by atoms with E-state index in [4.69, 9.17) is 10.5 Å². The Hall–Kier alpha value is -3.31. The van der Waals surface area contributed by atoms with Crippen molar-refractivity contribution in [2.45, 2.75) is 18.8 Å². The number of fused-ring (bicyclic) bond motifs is 4. The van der Waals surface area contributed by atoms with Crippen molar-refractivity contribution in [1.82, 2.24) is 0 Å². The Morgan fingerprint density at radius 3 is 2.82 bits per heavy atom. The lowest BCUT2D eigenvalue weighted by atomic mass is 9.68. The summed E-state index contributed by atoms with van der Waals surface area (Å²) in [6, 6.07) is 9.98. The second-order valence-electron chi connectivity index (χ2n) is 6.46. The molecular weight excluding hydrogens is 426 g/mol. The zero-order chi connectivity index (χ0) is 20.2. The predicted octanol–water partition coefficient (Wildman–Crippen LogP) is 3.07. The summed E-state index contributed by atoms with van der Waals surface area (Å²) >= 11 is 3.38. The molecule has 7 nitrogen and oxygen atoms in total. The number of amides is 1. The number of phenolic OH excluding ortho intramolecular Hbond substituents is 1. The average molecular weight is 440 g/mol. The molecule has 2 aromatic carbocycles. The summed E-state index contributed by atoms with van der Waals surface area (Å²) in [5.74, 6) is -1.37. The van der Waals surface area contributed by atoms with Crippen LogP contribution in [0.1, 0.15) is 34.8 Å². The van der Waals surface area contributed by atoms with Crippen molar-refractivity contribution >= 4 is 33.3 Å². The van der Waals surface area contributed by atoms with Crippen molar-refractivity contribution in [1.29, 1.82) is 5.26 Å². The van der Waals surface area contributed by atoms with Gasteiger partial charge in [-0.25, -0.2) is 0 Å². The number of Topliss-reactive ketones (excluding diaryl/α,β-unsaturated/α-hetero) is 1. The zero-order valence-corrected chi connectivity index (χ0v) is 16.3. The van der Waals surface area contributed by atoms with E-state index in [2.05, 4.69) is 21.2 Å². The van der Waals surface area contributed by atoms with E-state index < -0.39 is 17.1 Å². The lowest BCUT2D eigenvalue weighted by molar-refractivity contribution is -0.118. The highest BCUT2D eigenvalue weighted by Crippen LogP contribution is 2.56. The summed E-state index contributed by atoms with van der Waals surface area (Å²) in [5.41, 5.74) is 5.12. The second kappa shape index (κ2) is 6.11. The van der Waals surface area contributed by atoms with Gasteiger partial charge in [0, 0.05) is 22.1 Å². The number of nitrogens with one attached hydrogen (secondary N) is 1. The van der Waals surface area contributed by atoms with E-state index in [1.807, 2.05) is 6.07 Å². The fourth-order valence-electron chi connectivity index (χ4n) is 3.82. The minimum Gasteiger partial charge on any atom is -0.507 e. The van der Waals surface area contributed by atoms with Gasteiger partial charge in [0.05, 0.1) is 11.1 Å². The van der Waals surface area contributed by atoms with Gasteiger partial charge in [-0.1, -0.05) is 22.9 Å². The maximum absolute atomic E-state index is 13.3. The van der Waals surface area contributed by atoms with Gasteiger partial charge in [0.15, 0.2) is 5.78 Å². The highest BCUT2D eigenvalue weighted by atomic mass is 79.9. The van der Waals surface area contributed by atoms with Crippen LogP contribution in [0.4, 0.5) is 5.69 Å². The number of rotatable bonds is 2. The van der Waals surface area contributed by atoms with E-state index in [0.29, 0.717) is 15.7 Å². The van der Waals surface area contributed by atoms with Crippen LogP contribution in [-0.2, 0) is 10.2 Å². The van der Waals surface area contributed by atoms with Gasteiger partial charge in [-0.15, -0.1) is 0 Å². The maximum atomic E-state index is 13.3. The van der Waals surface area contributed by atoms with Crippen LogP contribution in [-0.4, -0.2) is 16.8 Å². The Bertz CT molecular complexity index is 1150. The Kier molecular flexibility index (Phi) is 3.94. The van der Waals surface area contributed by atoms with Crippen LogP contribution in [0.2, 0.25) is 0 Å². The number of carbonyl (C=O) groups is 2. The molecule has 0 aromatic heterocycles. The third-order valence-electron chi connectivity index (χ3n) is 5.06. The Labute approximate surface area is 168 Å². The molecule has 4 N–H and O–H groups in total. The van der Waals surface area contributed by atoms with Crippen molar-refractivity contribution in [2.24, 2.45) is 5.73 Å². The number of aromatic hydroxyl groups is 1.